The predicted octanol–water partition coefficient (Wildman–Crippen LogP) is 1.67. The van der Waals surface area contributed by atoms with Crippen molar-refractivity contribution in [3.8, 4) is 0 Å². The summed E-state index contributed by atoms with van der Waals surface area (Å²) >= 11 is 5.66. The van der Waals surface area contributed by atoms with E-state index in [1.165, 1.54) is 6.20 Å². The third-order valence-electron chi connectivity index (χ3n) is 0.915. The van der Waals surface area contributed by atoms with Crippen molar-refractivity contribution in [3.05, 3.63) is 12.8 Å². The first-order chi connectivity index (χ1) is 4.18. The van der Waals surface area contributed by atoms with Gasteiger partial charge in [-0.2, -0.15) is 0 Å². The Hall–Kier alpha value is -0.500. The Balaban J connectivity index is 3.61. The maximum absolute atomic E-state index is 5.66. The van der Waals surface area contributed by atoms with Crippen molar-refractivity contribution >= 4 is 17.9 Å². The molecule has 0 aliphatic heterocycles. The van der Waals surface area contributed by atoms with Crippen LogP contribution in [-0.2, 0) is 0 Å². The van der Waals surface area contributed by atoms with E-state index in [1.807, 2.05) is 14.0 Å². The zero-order valence-electron chi connectivity index (χ0n) is 5.71. The highest BCUT2D eigenvalue weighted by Gasteiger charge is 1.96. The van der Waals surface area contributed by atoms with E-state index < -0.39 is 0 Å². The van der Waals surface area contributed by atoms with E-state index in [9.17, 15) is 0 Å². The number of rotatable bonds is 3. The maximum Gasteiger partial charge on any atom is 0.101 e. The van der Waals surface area contributed by atoms with Crippen molar-refractivity contribution in [2.24, 2.45) is 4.99 Å². The summed E-state index contributed by atoms with van der Waals surface area (Å²) in [5, 5.41) is 0. The number of halogens is 1. The Bertz CT molecular complexity index is 110. The van der Waals surface area contributed by atoms with Gasteiger partial charge in [0.15, 0.2) is 0 Å². The molecule has 1 atom stereocenters. The topological polar surface area (TPSA) is 15.6 Å². The second kappa shape index (κ2) is 4.39. The molecule has 0 radical (unpaired) electrons. The molecule has 2 nitrogen and oxygen atoms in total. The minimum Gasteiger partial charge on any atom is -0.350 e. The molecule has 0 saturated heterocycles. The maximum atomic E-state index is 5.66. The van der Waals surface area contributed by atoms with Gasteiger partial charge < -0.3 is 4.90 Å². The molecule has 0 rings (SSSR count). The second-order valence-corrected chi connectivity index (χ2v) is 2.32. The summed E-state index contributed by atoms with van der Waals surface area (Å²) in [6, 6.07) is 0. The summed E-state index contributed by atoms with van der Waals surface area (Å²) < 4.78 is 0. The highest BCUT2D eigenvalue weighted by Crippen LogP contribution is 1.95. The number of nitrogens with zero attached hydrogens (tertiary/aromatic N) is 2. The van der Waals surface area contributed by atoms with E-state index in [-0.39, 0.29) is 5.50 Å². The molecule has 52 valence electrons. The average molecular weight is 147 g/mol. The SMILES string of the molecule is C=CN=CN(C)C(C)Cl. The molecule has 9 heavy (non-hydrogen) atoms. The summed E-state index contributed by atoms with van der Waals surface area (Å²) in [6.07, 6.45) is 3.10. The highest BCUT2D eigenvalue weighted by atomic mass is 35.5. The van der Waals surface area contributed by atoms with Crippen LogP contribution in [0.15, 0.2) is 17.8 Å². The molecule has 0 aromatic rings. The van der Waals surface area contributed by atoms with Crippen LogP contribution in [0.25, 0.3) is 0 Å². The van der Waals surface area contributed by atoms with Gasteiger partial charge in [-0.3, -0.25) is 0 Å². The fraction of sp³-hybridized carbons (Fsp3) is 0.500. The molecule has 0 aromatic carbocycles. The van der Waals surface area contributed by atoms with E-state index in [1.54, 1.807) is 11.2 Å². The molecular formula is C6H11ClN2. The fourth-order valence-corrected chi connectivity index (χ4v) is 0.295. The van der Waals surface area contributed by atoms with Gasteiger partial charge in [0.1, 0.15) is 5.50 Å². The van der Waals surface area contributed by atoms with Crippen LogP contribution in [0.2, 0.25) is 0 Å². The first kappa shape index (κ1) is 8.50. The number of aliphatic imine (C=N–C) groups is 1. The summed E-state index contributed by atoms with van der Waals surface area (Å²) in [7, 11) is 1.85. The van der Waals surface area contributed by atoms with Crippen LogP contribution < -0.4 is 0 Å². The van der Waals surface area contributed by atoms with Crippen LogP contribution in [0.1, 0.15) is 6.92 Å². The molecule has 0 bridgehead atoms. The Morgan fingerprint density at radius 1 is 1.78 bits per heavy atom. The normalized spacial score (nSPS) is 13.7. The number of alkyl halides is 1. The first-order valence-electron chi connectivity index (χ1n) is 2.68. The van der Waals surface area contributed by atoms with Crippen LogP contribution in [0.5, 0.6) is 0 Å². The van der Waals surface area contributed by atoms with Crippen molar-refractivity contribution in [2.45, 2.75) is 12.4 Å². The predicted molar refractivity (Wildman–Crippen MR) is 41.8 cm³/mol. The summed E-state index contributed by atoms with van der Waals surface area (Å²) in [6.45, 7) is 5.30. The highest BCUT2D eigenvalue weighted by molar-refractivity contribution is 6.20. The van der Waals surface area contributed by atoms with Gasteiger partial charge in [-0.1, -0.05) is 18.2 Å². The molecule has 0 fully saturated rings. The van der Waals surface area contributed by atoms with Crippen molar-refractivity contribution in [1.82, 2.24) is 4.90 Å². The molecule has 1 unspecified atom stereocenters. The summed E-state index contributed by atoms with van der Waals surface area (Å²) in [5.41, 5.74) is -0.0197. The zero-order valence-corrected chi connectivity index (χ0v) is 6.47. The molecule has 0 heterocycles. The van der Waals surface area contributed by atoms with Gasteiger partial charge in [0.2, 0.25) is 0 Å². The van der Waals surface area contributed by atoms with Crippen molar-refractivity contribution in [3.63, 3.8) is 0 Å². The van der Waals surface area contributed by atoms with E-state index in [0.717, 1.165) is 0 Å². The minimum atomic E-state index is -0.0197. The number of hydrogen-bond acceptors (Lipinski definition) is 1. The minimum absolute atomic E-state index is 0.0197. The Morgan fingerprint density at radius 2 is 2.33 bits per heavy atom. The molecule has 0 aliphatic carbocycles. The molecule has 0 aromatic heterocycles. The molecular weight excluding hydrogens is 136 g/mol. The second-order valence-electron chi connectivity index (χ2n) is 1.69. The van der Waals surface area contributed by atoms with Gasteiger partial charge >= 0.3 is 0 Å². The van der Waals surface area contributed by atoms with Crippen molar-refractivity contribution < 1.29 is 0 Å². The van der Waals surface area contributed by atoms with Crippen LogP contribution in [-0.4, -0.2) is 23.8 Å². The molecule has 0 spiro atoms. The van der Waals surface area contributed by atoms with Crippen LogP contribution >= 0.6 is 11.6 Å². The molecule has 0 N–H and O–H groups in total. The van der Waals surface area contributed by atoms with Crippen LogP contribution in [0, 0.1) is 0 Å². The quantitative estimate of drug-likeness (QED) is 0.256. The number of hydrogen-bond donors (Lipinski definition) is 0. The first-order valence-corrected chi connectivity index (χ1v) is 3.12. The van der Waals surface area contributed by atoms with Gasteiger partial charge in [0.25, 0.3) is 0 Å². The van der Waals surface area contributed by atoms with E-state index in [2.05, 4.69) is 11.6 Å². The van der Waals surface area contributed by atoms with E-state index in [4.69, 9.17) is 11.6 Å². The van der Waals surface area contributed by atoms with Crippen molar-refractivity contribution in [2.75, 3.05) is 7.05 Å². The monoisotopic (exact) mass is 146 g/mol. The Kier molecular flexibility index (Phi) is 4.14. The third-order valence-corrected chi connectivity index (χ3v) is 1.22. The van der Waals surface area contributed by atoms with E-state index in [0.29, 0.717) is 0 Å². The lowest BCUT2D eigenvalue weighted by atomic mass is 10.7. The Morgan fingerprint density at radius 3 is 2.67 bits per heavy atom. The molecule has 0 saturated carbocycles. The average Bonchev–Trinajstić information content (AvgIpc) is 1.82. The van der Waals surface area contributed by atoms with E-state index >= 15 is 0 Å². The van der Waals surface area contributed by atoms with Crippen LogP contribution in [0.3, 0.4) is 0 Å². The molecule has 0 amide bonds. The van der Waals surface area contributed by atoms with Gasteiger partial charge in [-0.15, -0.1) is 0 Å². The fourth-order valence-electron chi connectivity index (χ4n) is 0.244. The largest absolute Gasteiger partial charge is 0.350 e. The van der Waals surface area contributed by atoms with Gasteiger partial charge in [-0.25, -0.2) is 4.99 Å². The summed E-state index contributed by atoms with van der Waals surface area (Å²) in [5.74, 6) is 0. The van der Waals surface area contributed by atoms with Crippen LogP contribution in [0.4, 0.5) is 0 Å². The lowest BCUT2D eigenvalue weighted by Gasteiger charge is -2.14. The molecule has 3 heteroatoms. The lowest BCUT2D eigenvalue weighted by molar-refractivity contribution is 0.506. The summed E-state index contributed by atoms with van der Waals surface area (Å²) in [4.78, 5) is 5.55. The lowest BCUT2D eigenvalue weighted by Crippen LogP contribution is -2.21. The molecule has 0 aliphatic rings. The van der Waals surface area contributed by atoms with Gasteiger partial charge in [0, 0.05) is 13.2 Å². The van der Waals surface area contributed by atoms with Gasteiger partial charge in [-0.05, 0) is 6.92 Å². The third kappa shape index (κ3) is 4.03. The standard InChI is InChI=1S/C6H11ClN2/c1-4-8-5-9(3)6(2)7/h4-6H,1H2,2-3H3. The zero-order chi connectivity index (χ0) is 7.28. The van der Waals surface area contributed by atoms with Gasteiger partial charge in [0.05, 0.1) is 6.34 Å². The smallest absolute Gasteiger partial charge is 0.101 e. The van der Waals surface area contributed by atoms with Crippen molar-refractivity contribution in [1.29, 1.82) is 0 Å². The Labute approximate surface area is 60.8 Å².